The summed E-state index contributed by atoms with van der Waals surface area (Å²) in [5.41, 5.74) is -3.27. The zero-order chi connectivity index (χ0) is 14.8. The van der Waals surface area contributed by atoms with E-state index in [0.717, 1.165) is 0 Å². The highest BCUT2D eigenvalue weighted by Gasteiger charge is 2.36. The molecule has 1 aromatic rings. The first kappa shape index (κ1) is 16.1. The molecule has 3 nitrogen and oxygen atoms in total. The van der Waals surface area contributed by atoms with Crippen LogP contribution in [-0.4, -0.2) is 17.6 Å². The molecular weight excluding hydrogens is 388 g/mol. The van der Waals surface area contributed by atoms with Gasteiger partial charge in [0, 0.05) is 3.57 Å². The molecule has 0 saturated heterocycles. The van der Waals surface area contributed by atoms with Gasteiger partial charge in [0.25, 0.3) is 6.43 Å². The Morgan fingerprint density at radius 3 is 2.47 bits per heavy atom. The van der Waals surface area contributed by atoms with Crippen molar-refractivity contribution in [1.82, 2.24) is 4.98 Å². The zero-order valence-corrected chi connectivity index (χ0v) is 11.6. The number of alkyl halides is 5. The fourth-order valence-electron chi connectivity index (χ4n) is 1.23. The van der Waals surface area contributed by atoms with Gasteiger partial charge in [-0.15, -0.1) is 0 Å². The third-order valence-electron chi connectivity index (χ3n) is 1.99. The van der Waals surface area contributed by atoms with E-state index in [0.29, 0.717) is 6.07 Å². The minimum Gasteiger partial charge on any atom is -0.461 e. The predicted molar refractivity (Wildman–Crippen MR) is 62.9 cm³/mol. The fourth-order valence-corrected chi connectivity index (χ4v) is 2.02. The van der Waals surface area contributed by atoms with E-state index >= 15 is 0 Å². The van der Waals surface area contributed by atoms with Crippen LogP contribution < -0.4 is 0 Å². The monoisotopic (exact) mass is 395 g/mol. The van der Waals surface area contributed by atoms with Crippen LogP contribution in [0.15, 0.2) is 6.07 Å². The van der Waals surface area contributed by atoms with Gasteiger partial charge in [-0.05, 0) is 35.6 Å². The molecular formula is C10H7F5INO2. The van der Waals surface area contributed by atoms with Gasteiger partial charge < -0.3 is 4.74 Å². The van der Waals surface area contributed by atoms with Gasteiger partial charge in [-0.2, -0.15) is 13.2 Å². The number of rotatable bonds is 3. The average molecular weight is 395 g/mol. The van der Waals surface area contributed by atoms with Gasteiger partial charge >= 0.3 is 12.1 Å². The minimum absolute atomic E-state index is 0.157. The van der Waals surface area contributed by atoms with Crippen molar-refractivity contribution in [2.24, 2.45) is 0 Å². The Hall–Kier alpha value is -1.00. The molecule has 0 saturated carbocycles. The molecule has 0 bridgehead atoms. The molecule has 1 aromatic heterocycles. The van der Waals surface area contributed by atoms with E-state index < -0.39 is 39.1 Å². The molecule has 1 rings (SSSR count). The van der Waals surface area contributed by atoms with Crippen LogP contribution in [0, 0.1) is 3.57 Å². The summed E-state index contributed by atoms with van der Waals surface area (Å²) >= 11 is 1.30. The van der Waals surface area contributed by atoms with Gasteiger partial charge in [0.2, 0.25) is 0 Å². The van der Waals surface area contributed by atoms with Crippen LogP contribution in [0.25, 0.3) is 0 Å². The van der Waals surface area contributed by atoms with Crippen LogP contribution in [-0.2, 0) is 10.9 Å². The van der Waals surface area contributed by atoms with Crippen LogP contribution in [0.5, 0.6) is 0 Å². The molecule has 0 aliphatic carbocycles. The second-order valence-corrected chi connectivity index (χ2v) is 4.43. The van der Waals surface area contributed by atoms with Crippen LogP contribution >= 0.6 is 22.6 Å². The van der Waals surface area contributed by atoms with Gasteiger partial charge in [-0.25, -0.2) is 18.6 Å². The second kappa shape index (κ2) is 5.97. The Labute approximate surface area is 118 Å². The smallest absolute Gasteiger partial charge is 0.433 e. The molecule has 0 aromatic carbocycles. The Bertz CT molecular complexity index is 490. The van der Waals surface area contributed by atoms with Crippen LogP contribution in [0.1, 0.15) is 35.1 Å². The van der Waals surface area contributed by atoms with E-state index in [1.807, 2.05) is 0 Å². The summed E-state index contributed by atoms with van der Waals surface area (Å²) in [7, 11) is 0. The topological polar surface area (TPSA) is 39.2 Å². The number of carbonyl (C=O) groups excluding carboxylic acids is 1. The lowest BCUT2D eigenvalue weighted by Gasteiger charge is -2.13. The molecule has 0 amide bonds. The maximum absolute atomic E-state index is 12.8. The Balaban J connectivity index is 3.46. The van der Waals surface area contributed by atoms with E-state index in [4.69, 9.17) is 0 Å². The van der Waals surface area contributed by atoms with Gasteiger partial charge in [-0.3, -0.25) is 0 Å². The maximum atomic E-state index is 12.8. The zero-order valence-electron chi connectivity index (χ0n) is 9.39. The van der Waals surface area contributed by atoms with Gasteiger partial charge in [0.05, 0.1) is 12.2 Å². The van der Waals surface area contributed by atoms with Crippen molar-refractivity contribution in [3.8, 4) is 0 Å². The van der Waals surface area contributed by atoms with Crippen molar-refractivity contribution < 1.29 is 31.5 Å². The number of pyridine rings is 1. The molecule has 0 fully saturated rings. The first-order valence-corrected chi connectivity index (χ1v) is 5.99. The Morgan fingerprint density at radius 2 is 2.05 bits per heavy atom. The highest BCUT2D eigenvalue weighted by atomic mass is 127. The molecule has 0 atom stereocenters. The Morgan fingerprint density at radius 1 is 1.47 bits per heavy atom. The summed E-state index contributed by atoms with van der Waals surface area (Å²) in [6.45, 7) is 1.24. The van der Waals surface area contributed by atoms with Crippen molar-refractivity contribution in [2.45, 2.75) is 19.5 Å². The lowest BCUT2D eigenvalue weighted by molar-refractivity contribution is -0.141. The fraction of sp³-hybridized carbons (Fsp3) is 0.400. The summed E-state index contributed by atoms with van der Waals surface area (Å²) in [4.78, 5) is 14.4. The standard InChI is InChI=1S/C10H7F5INO2/c1-2-19-9(18)7-6(8(11)12)4(16)3-5(17-7)10(13,14)15/h3,8H,2H2,1H3. The normalized spacial score (nSPS) is 11.8. The maximum Gasteiger partial charge on any atom is 0.433 e. The summed E-state index contributed by atoms with van der Waals surface area (Å²) < 4.78 is 67.2. The first-order chi connectivity index (χ1) is 8.68. The molecule has 0 radical (unpaired) electrons. The SMILES string of the molecule is CCOC(=O)c1nc(C(F)(F)F)cc(I)c1C(F)F. The van der Waals surface area contributed by atoms with Gasteiger partial charge in [0.15, 0.2) is 5.69 Å². The van der Waals surface area contributed by atoms with E-state index in [2.05, 4.69) is 9.72 Å². The van der Waals surface area contributed by atoms with Gasteiger partial charge in [0.1, 0.15) is 5.69 Å². The van der Waals surface area contributed by atoms with Crippen molar-refractivity contribution >= 4 is 28.6 Å². The lowest BCUT2D eigenvalue weighted by Crippen LogP contribution is -2.18. The first-order valence-electron chi connectivity index (χ1n) is 4.91. The minimum atomic E-state index is -4.83. The number of halogens is 6. The molecule has 19 heavy (non-hydrogen) atoms. The number of esters is 1. The van der Waals surface area contributed by atoms with Gasteiger partial charge in [-0.1, -0.05) is 0 Å². The molecule has 0 spiro atoms. The Kier molecular flexibility index (Phi) is 5.04. The second-order valence-electron chi connectivity index (χ2n) is 3.27. The molecule has 9 heteroatoms. The van der Waals surface area contributed by atoms with Crippen molar-refractivity contribution in [3.63, 3.8) is 0 Å². The van der Waals surface area contributed by atoms with E-state index in [1.54, 1.807) is 0 Å². The number of hydrogen-bond acceptors (Lipinski definition) is 3. The number of ether oxygens (including phenoxy) is 1. The molecule has 0 unspecified atom stereocenters. The third-order valence-corrected chi connectivity index (χ3v) is 2.88. The quantitative estimate of drug-likeness (QED) is 0.444. The van der Waals surface area contributed by atoms with Crippen molar-refractivity contribution in [1.29, 1.82) is 0 Å². The van der Waals surface area contributed by atoms with Crippen LogP contribution in [0.2, 0.25) is 0 Å². The number of hydrogen-bond donors (Lipinski definition) is 0. The number of nitrogens with zero attached hydrogens (tertiary/aromatic N) is 1. The third kappa shape index (κ3) is 3.74. The molecule has 106 valence electrons. The van der Waals surface area contributed by atoms with E-state index in [9.17, 15) is 26.7 Å². The number of carbonyl (C=O) groups is 1. The van der Waals surface area contributed by atoms with Crippen molar-refractivity contribution in [3.05, 3.63) is 26.6 Å². The van der Waals surface area contributed by atoms with Crippen LogP contribution in [0.3, 0.4) is 0 Å². The summed E-state index contributed by atoms with van der Waals surface area (Å²) in [5.74, 6) is -1.30. The predicted octanol–water partition coefficient (Wildman–Crippen LogP) is 3.82. The van der Waals surface area contributed by atoms with E-state index in [-0.39, 0.29) is 6.61 Å². The number of aromatic nitrogens is 1. The average Bonchev–Trinajstić information content (AvgIpc) is 2.26. The summed E-state index contributed by atoms with van der Waals surface area (Å²) in [6, 6.07) is 0.463. The highest BCUT2D eigenvalue weighted by Crippen LogP contribution is 2.34. The van der Waals surface area contributed by atoms with Crippen LogP contribution in [0.4, 0.5) is 22.0 Å². The molecule has 1 heterocycles. The summed E-state index contributed by atoms with van der Waals surface area (Å²) in [6.07, 6.45) is -7.96. The molecule has 0 aliphatic heterocycles. The largest absolute Gasteiger partial charge is 0.461 e. The summed E-state index contributed by atoms with van der Waals surface area (Å²) in [5, 5.41) is 0. The molecule has 0 N–H and O–H groups in total. The van der Waals surface area contributed by atoms with E-state index in [1.165, 1.54) is 29.5 Å². The molecule has 0 aliphatic rings. The lowest BCUT2D eigenvalue weighted by atomic mass is 10.1. The van der Waals surface area contributed by atoms with Crippen molar-refractivity contribution in [2.75, 3.05) is 6.61 Å². The highest BCUT2D eigenvalue weighted by molar-refractivity contribution is 14.1.